The van der Waals surface area contributed by atoms with Gasteiger partial charge in [0.1, 0.15) is 17.8 Å². The van der Waals surface area contributed by atoms with Gasteiger partial charge in [-0.25, -0.2) is 13.2 Å². The lowest BCUT2D eigenvalue weighted by Crippen LogP contribution is -2.15. The van der Waals surface area contributed by atoms with Crippen molar-refractivity contribution in [2.45, 2.75) is 31.4 Å². The number of rotatable bonds is 5. The Morgan fingerprint density at radius 1 is 1.39 bits per heavy atom. The molecular weight excluding hydrogens is 256 g/mol. The van der Waals surface area contributed by atoms with Crippen LogP contribution in [0.5, 0.6) is 0 Å². The van der Waals surface area contributed by atoms with Crippen LogP contribution in [0.15, 0.2) is 16.7 Å². The molecule has 1 fully saturated rings. The average Bonchev–Trinajstić information content (AvgIpc) is 2.87. The van der Waals surface area contributed by atoms with Gasteiger partial charge in [-0.3, -0.25) is 0 Å². The van der Waals surface area contributed by atoms with E-state index in [4.69, 9.17) is 9.52 Å². The lowest BCUT2D eigenvalue weighted by Gasteiger charge is -2.08. The molecule has 0 bridgehead atoms. The number of hydrogen-bond donors (Lipinski definition) is 1. The van der Waals surface area contributed by atoms with Gasteiger partial charge in [-0.15, -0.1) is 0 Å². The summed E-state index contributed by atoms with van der Waals surface area (Å²) in [5, 5.41) is 8.72. The molecule has 5 nitrogen and oxygen atoms in total. The molecule has 1 aliphatic rings. The summed E-state index contributed by atoms with van der Waals surface area (Å²) in [6.07, 6.45) is 5.21. The second kappa shape index (κ2) is 5.14. The van der Waals surface area contributed by atoms with Gasteiger partial charge in [0.05, 0.1) is 11.3 Å². The standard InChI is InChI=1S/C12H16O5S/c13-12(14)10-5-11(17-6-10)8-18(15,16)7-9-3-1-2-4-9/h5-6,9H,1-4,7-8H2,(H,13,14). The number of carbonyl (C=O) groups is 1. The molecule has 0 aromatic carbocycles. The Balaban J connectivity index is 2.00. The van der Waals surface area contributed by atoms with E-state index in [2.05, 4.69) is 0 Å². The monoisotopic (exact) mass is 272 g/mol. The molecule has 18 heavy (non-hydrogen) atoms. The zero-order valence-electron chi connectivity index (χ0n) is 9.96. The van der Waals surface area contributed by atoms with Crippen LogP contribution in [0.25, 0.3) is 0 Å². The predicted octanol–water partition coefficient (Wildman–Crippen LogP) is 2.08. The Kier molecular flexibility index (Phi) is 3.75. The van der Waals surface area contributed by atoms with Crippen LogP contribution in [-0.2, 0) is 15.6 Å². The fourth-order valence-corrected chi connectivity index (χ4v) is 4.13. The summed E-state index contributed by atoms with van der Waals surface area (Å²) >= 11 is 0. The summed E-state index contributed by atoms with van der Waals surface area (Å²) in [4.78, 5) is 10.6. The Morgan fingerprint density at radius 3 is 2.61 bits per heavy atom. The van der Waals surface area contributed by atoms with Crippen LogP contribution in [0.1, 0.15) is 41.8 Å². The minimum Gasteiger partial charge on any atom is -0.478 e. The Bertz CT molecular complexity index is 522. The van der Waals surface area contributed by atoms with Crippen molar-refractivity contribution in [1.82, 2.24) is 0 Å². The molecule has 0 aliphatic heterocycles. The van der Waals surface area contributed by atoms with Crippen molar-refractivity contribution in [3.05, 3.63) is 23.7 Å². The van der Waals surface area contributed by atoms with Crippen molar-refractivity contribution in [3.8, 4) is 0 Å². The first-order valence-electron chi connectivity index (χ1n) is 5.97. The maximum Gasteiger partial charge on any atom is 0.338 e. The summed E-state index contributed by atoms with van der Waals surface area (Å²) in [6, 6.07) is 1.27. The highest BCUT2D eigenvalue weighted by Gasteiger charge is 2.24. The molecule has 0 saturated heterocycles. The molecular formula is C12H16O5S. The topological polar surface area (TPSA) is 84.6 Å². The lowest BCUT2D eigenvalue weighted by atomic mass is 10.1. The molecule has 100 valence electrons. The van der Waals surface area contributed by atoms with Crippen molar-refractivity contribution in [3.63, 3.8) is 0 Å². The normalized spacial score (nSPS) is 17.1. The van der Waals surface area contributed by atoms with E-state index in [-0.39, 0.29) is 28.7 Å². The Morgan fingerprint density at radius 2 is 2.06 bits per heavy atom. The average molecular weight is 272 g/mol. The van der Waals surface area contributed by atoms with Crippen molar-refractivity contribution < 1.29 is 22.7 Å². The van der Waals surface area contributed by atoms with Gasteiger partial charge < -0.3 is 9.52 Å². The minimum atomic E-state index is -3.22. The first-order chi connectivity index (χ1) is 8.46. The molecule has 0 amide bonds. The van der Waals surface area contributed by atoms with E-state index in [1.54, 1.807) is 0 Å². The zero-order valence-corrected chi connectivity index (χ0v) is 10.8. The van der Waals surface area contributed by atoms with Gasteiger partial charge in [0, 0.05) is 0 Å². The fourth-order valence-electron chi connectivity index (χ4n) is 2.38. The molecule has 6 heteroatoms. The van der Waals surface area contributed by atoms with Crippen LogP contribution in [-0.4, -0.2) is 25.2 Å². The smallest absolute Gasteiger partial charge is 0.338 e. The molecule has 0 atom stereocenters. The van der Waals surface area contributed by atoms with E-state index in [1.165, 1.54) is 6.07 Å². The van der Waals surface area contributed by atoms with Crippen LogP contribution in [0.2, 0.25) is 0 Å². The highest BCUT2D eigenvalue weighted by atomic mass is 32.2. The van der Waals surface area contributed by atoms with Crippen molar-refractivity contribution >= 4 is 15.8 Å². The van der Waals surface area contributed by atoms with E-state index in [9.17, 15) is 13.2 Å². The van der Waals surface area contributed by atoms with E-state index in [1.807, 2.05) is 0 Å². The lowest BCUT2D eigenvalue weighted by molar-refractivity contribution is 0.0696. The van der Waals surface area contributed by atoms with Gasteiger partial charge in [-0.2, -0.15) is 0 Å². The highest BCUT2D eigenvalue weighted by molar-refractivity contribution is 7.90. The SMILES string of the molecule is O=C(O)c1coc(CS(=O)(=O)CC2CCCC2)c1. The van der Waals surface area contributed by atoms with Crippen LogP contribution < -0.4 is 0 Å². The number of carboxylic acid groups (broad SMARTS) is 1. The fraction of sp³-hybridized carbons (Fsp3) is 0.583. The second-order valence-electron chi connectivity index (χ2n) is 4.81. The number of hydrogen-bond acceptors (Lipinski definition) is 4. The van der Waals surface area contributed by atoms with E-state index in [0.717, 1.165) is 31.9 Å². The summed E-state index contributed by atoms with van der Waals surface area (Å²) in [6.45, 7) is 0. The van der Waals surface area contributed by atoms with Crippen molar-refractivity contribution in [1.29, 1.82) is 0 Å². The van der Waals surface area contributed by atoms with Crippen LogP contribution in [0.3, 0.4) is 0 Å². The predicted molar refractivity (Wildman–Crippen MR) is 65.1 cm³/mol. The molecule has 1 heterocycles. The first-order valence-corrected chi connectivity index (χ1v) is 7.79. The zero-order chi connectivity index (χ0) is 13.2. The van der Waals surface area contributed by atoms with Crippen molar-refractivity contribution in [2.24, 2.45) is 5.92 Å². The maximum absolute atomic E-state index is 11.9. The molecule has 0 unspecified atom stereocenters. The molecule has 2 rings (SSSR count). The molecule has 1 aromatic rings. The third-order valence-electron chi connectivity index (χ3n) is 3.23. The van der Waals surface area contributed by atoms with Crippen molar-refractivity contribution in [2.75, 3.05) is 5.75 Å². The third kappa shape index (κ3) is 3.35. The summed E-state index contributed by atoms with van der Waals surface area (Å²) < 4.78 is 28.8. The number of aromatic carboxylic acids is 1. The molecule has 1 aliphatic carbocycles. The summed E-state index contributed by atoms with van der Waals surface area (Å²) in [5.74, 6) is -0.695. The highest BCUT2D eigenvalue weighted by Crippen LogP contribution is 2.27. The number of furan rings is 1. The van der Waals surface area contributed by atoms with Gasteiger partial charge in [0.15, 0.2) is 9.84 Å². The molecule has 1 aromatic heterocycles. The third-order valence-corrected chi connectivity index (χ3v) is 4.93. The Hall–Kier alpha value is -1.30. The van der Waals surface area contributed by atoms with Gasteiger partial charge in [0.2, 0.25) is 0 Å². The largest absolute Gasteiger partial charge is 0.478 e. The van der Waals surface area contributed by atoms with Crippen LogP contribution in [0, 0.1) is 5.92 Å². The van der Waals surface area contributed by atoms with Gasteiger partial charge in [0.25, 0.3) is 0 Å². The molecule has 1 saturated carbocycles. The first kappa shape index (κ1) is 13.1. The summed E-state index contributed by atoms with van der Waals surface area (Å²) in [7, 11) is -3.22. The quantitative estimate of drug-likeness (QED) is 0.887. The molecule has 0 spiro atoms. The van der Waals surface area contributed by atoms with Gasteiger partial charge in [-0.1, -0.05) is 12.8 Å². The second-order valence-corrected chi connectivity index (χ2v) is 6.92. The number of carboxylic acids is 1. The van der Waals surface area contributed by atoms with Gasteiger partial charge in [-0.05, 0) is 24.8 Å². The Labute approximate surface area is 106 Å². The minimum absolute atomic E-state index is 0.0129. The van der Waals surface area contributed by atoms with Crippen LogP contribution >= 0.6 is 0 Å². The molecule has 0 radical (unpaired) electrons. The summed E-state index contributed by atoms with van der Waals surface area (Å²) in [5.41, 5.74) is -0.0129. The van der Waals surface area contributed by atoms with E-state index >= 15 is 0 Å². The van der Waals surface area contributed by atoms with Gasteiger partial charge >= 0.3 is 5.97 Å². The van der Waals surface area contributed by atoms with E-state index in [0.29, 0.717) is 0 Å². The molecule has 1 N–H and O–H groups in total. The maximum atomic E-state index is 11.9. The van der Waals surface area contributed by atoms with Crippen LogP contribution in [0.4, 0.5) is 0 Å². The number of sulfone groups is 1. The van der Waals surface area contributed by atoms with E-state index < -0.39 is 15.8 Å².